The zero-order valence-electron chi connectivity index (χ0n) is 18.6. The van der Waals surface area contributed by atoms with Gasteiger partial charge in [-0.05, 0) is 52.7 Å². The summed E-state index contributed by atoms with van der Waals surface area (Å²) in [7, 11) is 1.36. The molecule has 0 bridgehead atoms. The van der Waals surface area contributed by atoms with E-state index < -0.39 is 0 Å². The summed E-state index contributed by atoms with van der Waals surface area (Å²) >= 11 is 0. The highest BCUT2D eigenvalue weighted by Crippen LogP contribution is 2.20. The first-order valence-electron chi connectivity index (χ1n) is 10.9. The molecule has 0 aliphatic heterocycles. The Kier molecular flexibility index (Phi) is 5.74. The van der Waals surface area contributed by atoms with Gasteiger partial charge in [-0.25, -0.2) is 9.67 Å². The number of benzene rings is 3. The van der Waals surface area contributed by atoms with Gasteiger partial charge in [0.05, 0.1) is 25.8 Å². The molecule has 5 aromatic rings. The fourth-order valence-corrected chi connectivity index (χ4v) is 3.92. The van der Waals surface area contributed by atoms with Crippen molar-refractivity contribution in [3.05, 3.63) is 102 Å². The first-order chi connectivity index (χ1) is 16.6. The van der Waals surface area contributed by atoms with Crippen molar-refractivity contribution in [1.29, 1.82) is 0 Å². The van der Waals surface area contributed by atoms with E-state index >= 15 is 0 Å². The number of carbonyl (C=O) groups excluding carboxylic acids is 2. The Morgan fingerprint density at radius 2 is 1.74 bits per heavy atom. The summed E-state index contributed by atoms with van der Waals surface area (Å²) in [5.41, 5.74) is 3.64. The number of nitrogens with zero attached hydrogens (tertiary/aromatic N) is 3. The first kappa shape index (κ1) is 21.3. The van der Waals surface area contributed by atoms with Crippen LogP contribution in [0.1, 0.15) is 21.6 Å². The van der Waals surface area contributed by atoms with Crippen molar-refractivity contribution < 1.29 is 14.3 Å². The van der Waals surface area contributed by atoms with Crippen LogP contribution in [-0.2, 0) is 22.5 Å². The summed E-state index contributed by atoms with van der Waals surface area (Å²) in [6.45, 7) is 0.480. The van der Waals surface area contributed by atoms with E-state index in [0.717, 1.165) is 21.7 Å². The van der Waals surface area contributed by atoms with Gasteiger partial charge in [-0.1, -0.05) is 42.5 Å². The van der Waals surface area contributed by atoms with Gasteiger partial charge < -0.3 is 10.1 Å². The third-order valence-electron chi connectivity index (χ3n) is 5.68. The second kappa shape index (κ2) is 9.15. The lowest BCUT2D eigenvalue weighted by Crippen LogP contribution is -2.12. The van der Waals surface area contributed by atoms with Gasteiger partial charge in [0, 0.05) is 22.8 Å². The molecule has 0 unspecified atom stereocenters. The van der Waals surface area contributed by atoms with Crippen LogP contribution in [0.4, 0.5) is 5.69 Å². The second-order valence-corrected chi connectivity index (χ2v) is 7.94. The van der Waals surface area contributed by atoms with Crippen LogP contribution in [0.15, 0.2) is 85.1 Å². The highest BCUT2D eigenvalue weighted by atomic mass is 16.5. The molecule has 0 spiro atoms. The van der Waals surface area contributed by atoms with Crippen LogP contribution in [0.3, 0.4) is 0 Å². The molecule has 5 rings (SSSR count). The minimum absolute atomic E-state index is 0.0887. The van der Waals surface area contributed by atoms with Gasteiger partial charge in [0.15, 0.2) is 5.65 Å². The van der Waals surface area contributed by atoms with Crippen molar-refractivity contribution in [2.45, 2.75) is 13.0 Å². The van der Waals surface area contributed by atoms with Gasteiger partial charge in [-0.2, -0.15) is 5.10 Å². The number of nitrogens with one attached hydrogen (secondary N) is 1. The van der Waals surface area contributed by atoms with Crippen molar-refractivity contribution in [3.63, 3.8) is 0 Å². The number of esters is 1. The zero-order chi connectivity index (χ0) is 23.5. The van der Waals surface area contributed by atoms with Gasteiger partial charge in [0.25, 0.3) is 5.91 Å². The van der Waals surface area contributed by atoms with Crippen LogP contribution in [0.2, 0.25) is 0 Å². The minimum Gasteiger partial charge on any atom is -0.469 e. The molecule has 1 N–H and O–H groups in total. The molecule has 2 heterocycles. The van der Waals surface area contributed by atoms with Crippen molar-refractivity contribution in [2.24, 2.45) is 0 Å². The monoisotopic (exact) mass is 450 g/mol. The number of hydrogen-bond acceptors (Lipinski definition) is 5. The maximum atomic E-state index is 12.7. The van der Waals surface area contributed by atoms with Crippen molar-refractivity contribution in [1.82, 2.24) is 14.8 Å². The Labute approximate surface area is 196 Å². The van der Waals surface area contributed by atoms with E-state index in [9.17, 15) is 9.59 Å². The first-order valence-corrected chi connectivity index (χ1v) is 10.9. The molecule has 0 saturated heterocycles. The lowest BCUT2D eigenvalue weighted by atomic mass is 10.1. The third kappa shape index (κ3) is 4.36. The van der Waals surface area contributed by atoms with E-state index in [1.165, 1.54) is 7.11 Å². The van der Waals surface area contributed by atoms with Crippen molar-refractivity contribution in [3.8, 4) is 0 Å². The molecule has 0 aliphatic rings. The predicted molar refractivity (Wildman–Crippen MR) is 131 cm³/mol. The van der Waals surface area contributed by atoms with Crippen LogP contribution in [-0.4, -0.2) is 33.8 Å². The molecule has 0 aliphatic carbocycles. The third-order valence-corrected chi connectivity index (χ3v) is 5.68. The van der Waals surface area contributed by atoms with Crippen LogP contribution < -0.4 is 5.32 Å². The molecule has 34 heavy (non-hydrogen) atoms. The van der Waals surface area contributed by atoms with E-state index in [-0.39, 0.29) is 18.3 Å². The molecule has 2 aromatic heterocycles. The number of rotatable bonds is 6. The fourth-order valence-electron chi connectivity index (χ4n) is 3.92. The van der Waals surface area contributed by atoms with Gasteiger partial charge in [-0.15, -0.1) is 0 Å². The lowest BCUT2D eigenvalue weighted by molar-refractivity contribution is -0.139. The quantitative estimate of drug-likeness (QED) is 0.382. The molecule has 0 atom stereocenters. The van der Waals surface area contributed by atoms with Crippen LogP contribution in [0, 0.1) is 0 Å². The zero-order valence-corrected chi connectivity index (χ0v) is 18.6. The second-order valence-electron chi connectivity index (χ2n) is 7.94. The Bertz CT molecular complexity index is 1510. The van der Waals surface area contributed by atoms with E-state index in [0.29, 0.717) is 29.1 Å². The summed E-state index contributed by atoms with van der Waals surface area (Å²) in [5.74, 6) is -0.505. The lowest BCUT2D eigenvalue weighted by Gasteiger charge is -2.08. The Hall–Kier alpha value is -4.52. The molecule has 7 heteroatoms. The predicted octanol–water partition coefficient (Wildman–Crippen LogP) is 4.60. The molecule has 0 fully saturated rings. The van der Waals surface area contributed by atoms with Crippen molar-refractivity contribution in [2.75, 3.05) is 12.4 Å². The number of anilines is 1. The highest BCUT2D eigenvalue weighted by molar-refractivity contribution is 6.06. The molecular weight excluding hydrogens is 428 g/mol. The van der Waals surface area contributed by atoms with Gasteiger partial charge in [0.1, 0.15) is 0 Å². The number of pyridine rings is 1. The molecule has 7 nitrogen and oxygen atoms in total. The average Bonchev–Trinajstić information content (AvgIpc) is 3.21. The number of fused-ring (bicyclic) bond motifs is 2. The standard InChI is InChI=1S/C27H22N4O3/c1-34-25(32)16-24-23-7-4-14-28-26(23)31(30-24)17-18-8-12-22(13-9-18)29-27(33)21-11-10-19-5-2-3-6-20(19)15-21/h2-15H,16-17H2,1H3,(H,29,33). The van der Waals surface area contributed by atoms with Gasteiger partial charge in [0.2, 0.25) is 0 Å². The Morgan fingerprint density at radius 1 is 0.941 bits per heavy atom. The fraction of sp³-hybridized carbons (Fsp3) is 0.111. The number of methoxy groups -OCH3 is 1. The average molecular weight is 450 g/mol. The summed E-state index contributed by atoms with van der Waals surface area (Å²) in [6, 6.07) is 24.9. The number of amides is 1. The minimum atomic E-state index is -0.345. The smallest absolute Gasteiger partial charge is 0.311 e. The van der Waals surface area contributed by atoms with E-state index in [1.807, 2.05) is 78.9 Å². The number of ether oxygens (including phenoxy) is 1. The maximum absolute atomic E-state index is 12.7. The summed E-state index contributed by atoms with van der Waals surface area (Å²) < 4.78 is 6.56. The SMILES string of the molecule is COC(=O)Cc1nn(Cc2ccc(NC(=O)c3ccc4ccccc4c3)cc2)c2ncccc12. The number of hydrogen-bond donors (Lipinski definition) is 1. The summed E-state index contributed by atoms with van der Waals surface area (Å²) in [5, 5.41) is 10.5. The van der Waals surface area contributed by atoms with E-state index in [4.69, 9.17) is 4.74 Å². The normalized spacial score (nSPS) is 11.0. The maximum Gasteiger partial charge on any atom is 0.311 e. The van der Waals surface area contributed by atoms with Gasteiger partial charge in [-0.3, -0.25) is 9.59 Å². The van der Waals surface area contributed by atoms with E-state index in [2.05, 4.69) is 15.4 Å². The van der Waals surface area contributed by atoms with Gasteiger partial charge >= 0.3 is 5.97 Å². The molecule has 3 aromatic carbocycles. The van der Waals surface area contributed by atoms with E-state index in [1.54, 1.807) is 10.9 Å². The number of aromatic nitrogens is 3. The molecule has 1 amide bonds. The largest absolute Gasteiger partial charge is 0.469 e. The van der Waals surface area contributed by atoms with Crippen LogP contribution >= 0.6 is 0 Å². The topological polar surface area (TPSA) is 86.1 Å². The highest BCUT2D eigenvalue weighted by Gasteiger charge is 2.15. The molecular formula is C27H22N4O3. The summed E-state index contributed by atoms with van der Waals surface area (Å²) in [4.78, 5) is 28.9. The van der Waals surface area contributed by atoms with Crippen LogP contribution in [0.5, 0.6) is 0 Å². The molecule has 0 saturated carbocycles. The number of carbonyl (C=O) groups is 2. The van der Waals surface area contributed by atoms with Crippen LogP contribution in [0.25, 0.3) is 21.8 Å². The Balaban J connectivity index is 1.32. The molecule has 0 radical (unpaired) electrons. The Morgan fingerprint density at radius 3 is 2.53 bits per heavy atom. The summed E-state index contributed by atoms with van der Waals surface area (Å²) in [6.07, 6.45) is 1.79. The molecule has 168 valence electrons. The van der Waals surface area contributed by atoms with Crippen molar-refractivity contribution >= 4 is 39.4 Å².